The minimum Gasteiger partial charge on any atom is -0.322 e. The third kappa shape index (κ3) is 2.95. The SMILES string of the molecule is Cc1sc2c(=O)n(C(C)C)cnc2c1C(=O)Nc1cccc(Cl)c1. The number of carbonyl (C=O) groups is 1. The van der Waals surface area contributed by atoms with Gasteiger partial charge in [-0.05, 0) is 39.0 Å². The molecule has 0 aliphatic carbocycles. The normalized spacial score (nSPS) is 11.2. The number of aromatic nitrogens is 2. The number of aryl methyl sites for hydroxylation is 1. The minimum atomic E-state index is -0.296. The van der Waals surface area contributed by atoms with Crippen molar-refractivity contribution >= 4 is 44.7 Å². The van der Waals surface area contributed by atoms with Crippen LogP contribution in [-0.4, -0.2) is 15.5 Å². The Bertz CT molecular complexity index is 991. The van der Waals surface area contributed by atoms with Crippen LogP contribution < -0.4 is 10.9 Å². The first-order valence-electron chi connectivity index (χ1n) is 7.45. The number of hydrogen-bond acceptors (Lipinski definition) is 4. The zero-order valence-electron chi connectivity index (χ0n) is 13.5. The van der Waals surface area contributed by atoms with Gasteiger partial charge in [-0.15, -0.1) is 11.3 Å². The summed E-state index contributed by atoms with van der Waals surface area (Å²) >= 11 is 7.24. The van der Waals surface area contributed by atoms with Gasteiger partial charge in [0.2, 0.25) is 0 Å². The van der Waals surface area contributed by atoms with E-state index in [1.807, 2.05) is 20.8 Å². The van der Waals surface area contributed by atoms with Crippen LogP contribution in [-0.2, 0) is 0 Å². The summed E-state index contributed by atoms with van der Waals surface area (Å²) in [5.41, 5.74) is 1.36. The number of anilines is 1. The Labute approximate surface area is 147 Å². The first-order chi connectivity index (χ1) is 11.4. The molecule has 0 spiro atoms. The van der Waals surface area contributed by atoms with Crippen molar-refractivity contribution in [3.05, 3.63) is 56.4 Å². The van der Waals surface area contributed by atoms with Gasteiger partial charge in [0.1, 0.15) is 10.2 Å². The summed E-state index contributed by atoms with van der Waals surface area (Å²) in [7, 11) is 0. The van der Waals surface area contributed by atoms with E-state index in [9.17, 15) is 9.59 Å². The number of rotatable bonds is 3. The third-order valence-electron chi connectivity index (χ3n) is 3.66. The monoisotopic (exact) mass is 361 g/mol. The Morgan fingerprint density at radius 2 is 2.12 bits per heavy atom. The second kappa shape index (κ2) is 6.37. The number of thiophene rings is 1. The molecular formula is C17H16ClN3O2S. The Morgan fingerprint density at radius 1 is 1.38 bits per heavy atom. The van der Waals surface area contributed by atoms with Crippen molar-refractivity contribution < 1.29 is 4.79 Å². The fraction of sp³-hybridized carbons (Fsp3) is 0.235. The van der Waals surface area contributed by atoms with E-state index in [1.165, 1.54) is 17.7 Å². The minimum absolute atomic E-state index is 0.0144. The van der Waals surface area contributed by atoms with Crippen LogP contribution >= 0.6 is 22.9 Å². The Kier molecular flexibility index (Phi) is 4.43. The lowest BCUT2D eigenvalue weighted by Gasteiger charge is -2.09. The van der Waals surface area contributed by atoms with Crippen molar-refractivity contribution in [3.8, 4) is 0 Å². The Hall–Kier alpha value is -2.18. The molecule has 0 unspecified atom stereocenters. The average molecular weight is 362 g/mol. The van der Waals surface area contributed by atoms with Gasteiger partial charge in [-0.25, -0.2) is 4.98 Å². The molecule has 0 bridgehead atoms. The molecule has 0 atom stereocenters. The molecule has 5 nitrogen and oxygen atoms in total. The number of nitrogens with zero attached hydrogens (tertiary/aromatic N) is 2. The van der Waals surface area contributed by atoms with Crippen molar-refractivity contribution in [2.75, 3.05) is 5.32 Å². The third-order valence-corrected chi connectivity index (χ3v) is 4.98. The van der Waals surface area contributed by atoms with E-state index in [1.54, 1.807) is 28.8 Å². The quantitative estimate of drug-likeness (QED) is 0.758. The molecule has 3 aromatic rings. The molecule has 2 heterocycles. The number of carbonyl (C=O) groups excluding carboxylic acids is 1. The first kappa shape index (κ1) is 16.7. The number of hydrogen-bond donors (Lipinski definition) is 1. The molecule has 0 aliphatic heterocycles. The first-order valence-corrected chi connectivity index (χ1v) is 8.65. The lowest BCUT2D eigenvalue weighted by atomic mass is 10.2. The molecule has 0 saturated carbocycles. The fourth-order valence-corrected chi connectivity index (χ4v) is 3.72. The van der Waals surface area contributed by atoms with Gasteiger partial charge >= 0.3 is 0 Å². The van der Waals surface area contributed by atoms with E-state index in [0.29, 0.717) is 26.5 Å². The van der Waals surface area contributed by atoms with Gasteiger partial charge in [0.25, 0.3) is 11.5 Å². The lowest BCUT2D eigenvalue weighted by Crippen LogP contribution is -2.22. The molecular weight excluding hydrogens is 346 g/mol. The van der Waals surface area contributed by atoms with Crippen LogP contribution in [0.25, 0.3) is 10.2 Å². The second-order valence-corrected chi connectivity index (χ2v) is 7.39. The van der Waals surface area contributed by atoms with Gasteiger partial charge in [0, 0.05) is 21.6 Å². The molecule has 0 radical (unpaired) electrons. The second-order valence-electron chi connectivity index (χ2n) is 5.73. The van der Waals surface area contributed by atoms with Crippen LogP contribution in [0, 0.1) is 6.92 Å². The smallest absolute Gasteiger partial charge is 0.271 e. The molecule has 0 fully saturated rings. The lowest BCUT2D eigenvalue weighted by molar-refractivity contribution is 0.102. The van der Waals surface area contributed by atoms with E-state index < -0.39 is 0 Å². The van der Waals surface area contributed by atoms with E-state index in [-0.39, 0.29) is 17.5 Å². The van der Waals surface area contributed by atoms with E-state index in [2.05, 4.69) is 10.3 Å². The van der Waals surface area contributed by atoms with Crippen LogP contribution in [0.5, 0.6) is 0 Å². The molecule has 1 aromatic carbocycles. The summed E-state index contributed by atoms with van der Waals surface area (Å²) in [5.74, 6) is -0.296. The van der Waals surface area contributed by atoms with Crippen molar-refractivity contribution in [3.63, 3.8) is 0 Å². The predicted octanol–water partition coefficient (Wildman–Crippen LogP) is 4.25. The number of amides is 1. The molecule has 7 heteroatoms. The zero-order valence-corrected chi connectivity index (χ0v) is 15.0. The molecule has 1 amide bonds. The highest BCUT2D eigenvalue weighted by Crippen LogP contribution is 2.28. The van der Waals surface area contributed by atoms with Gasteiger partial charge in [0.05, 0.1) is 11.9 Å². The van der Waals surface area contributed by atoms with Crippen molar-refractivity contribution in [1.82, 2.24) is 9.55 Å². The van der Waals surface area contributed by atoms with Crippen LogP contribution in [0.4, 0.5) is 5.69 Å². The number of benzene rings is 1. The van der Waals surface area contributed by atoms with Gasteiger partial charge < -0.3 is 5.32 Å². The van der Waals surface area contributed by atoms with Crippen molar-refractivity contribution in [2.45, 2.75) is 26.8 Å². The van der Waals surface area contributed by atoms with Crippen LogP contribution in [0.1, 0.15) is 35.1 Å². The standard InChI is InChI=1S/C17H16ClN3O2S/c1-9(2)21-8-19-14-13(10(3)24-15(14)17(21)23)16(22)20-12-6-4-5-11(18)7-12/h4-9H,1-3H3,(H,20,22). The maximum absolute atomic E-state index is 12.7. The Morgan fingerprint density at radius 3 is 2.79 bits per heavy atom. The van der Waals surface area contributed by atoms with E-state index in [0.717, 1.165) is 4.88 Å². The maximum atomic E-state index is 12.7. The van der Waals surface area contributed by atoms with Crippen LogP contribution in [0.2, 0.25) is 5.02 Å². The van der Waals surface area contributed by atoms with Gasteiger partial charge in [-0.1, -0.05) is 17.7 Å². The van der Waals surface area contributed by atoms with Gasteiger partial charge in [-0.2, -0.15) is 0 Å². The molecule has 1 N–H and O–H groups in total. The van der Waals surface area contributed by atoms with Crippen LogP contribution in [0.3, 0.4) is 0 Å². The Balaban J connectivity index is 2.06. The maximum Gasteiger partial charge on any atom is 0.271 e. The number of fused-ring (bicyclic) bond motifs is 1. The number of halogens is 1. The molecule has 0 saturated heterocycles. The topological polar surface area (TPSA) is 64.0 Å². The summed E-state index contributed by atoms with van der Waals surface area (Å²) in [4.78, 5) is 30.3. The molecule has 2 aromatic heterocycles. The van der Waals surface area contributed by atoms with E-state index in [4.69, 9.17) is 11.6 Å². The molecule has 3 rings (SSSR count). The largest absolute Gasteiger partial charge is 0.322 e. The zero-order chi connectivity index (χ0) is 17.4. The fourth-order valence-electron chi connectivity index (χ4n) is 2.49. The van der Waals surface area contributed by atoms with Crippen LogP contribution in [0.15, 0.2) is 35.4 Å². The summed E-state index contributed by atoms with van der Waals surface area (Å²) < 4.78 is 2.07. The van der Waals surface area contributed by atoms with Crippen molar-refractivity contribution in [1.29, 1.82) is 0 Å². The van der Waals surface area contributed by atoms with Crippen molar-refractivity contribution in [2.24, 2.45) is 0 Å². The average Bonchev–Trinajstić information content (AvgIpc) is 2.84. The highest BCUT2D eigenvalue weighted by Gasteiger charge is 2.21. The summed E-state index contributed by atoms with van der Waals surface area (Å²) in [5, 5.41) is 3.35. The highest BCUT2D eigenvalue weighted by atomic mass is 35.5. The van der Waals surface area contributed by atoms with E-state index >= 15 is 0 Å². The number of nitrogens with one attached hydrogen (secondary N) is 1. The predicted molar refractivity (Wildman–Crippen MR) is 98.4 cm³/mol. The summed E-state index contributed by atoms with van der Waals surface area (Å²) in [6, 6.07) is 6.93. The van der Waals surface area contributed by atoms with Gasteiger partial charge in [0.15, 0.2) is 0 Å². The molecule has 124 valence electrons. The summed E-state index contributed by atoms with van der Waals surface area (Å²) in [6.45, 7) is 5.66. The summed E-state index contributed by atoms with van der Waals surface area (Å²) in [6.07, 6.45) is 1.50. The van der Waals surface area contributed by atoms with Gasteiger partial charge in [-0.3, -0.25) is 14.2 Å². The molecule has 24 heavy (non-hydrogen) atoms. The highest BCUT2D eigenvalue weighted by molar-refractivity contribution is 7.19. The molecule has 0 aliphatic rings.